The third kappa shape index (κ3) is 5.19. The fourth-order valence-corrected chi connectivity index (χ4v) is 4.62. The van der Waals surface area contributed by atoms with Crippen LogP contribution in [0.4, 0.5) is 0 Å². The minimum Gasteiger partial charge on any atom is -0.493 e. The van der Waals surface area contributed by atoms with Gasteiger partial charge in [-0.05, 0) is 50.3 Å². The molecule has 9 nitrogen and oxygen atoms in total. The Morgan fingerprint density at radius 2 is 1.72 bits per heavy atom. The second-order valence-corrected chi connectivity index (χ2v) is 8.73. The van der Waals surface area contributed by atoms with E-state index in [2.05, 4.69) is 17.1 Å². The van der Waals surface area contributed by atoms with E-state index < -0.39 is 11.7 Å². The van der Waals surface area contributed by atoms with E-state index in [1.165, 1.54) is 39.0 Å². The van der Waals surface area contributed by atoms with Crippen LogP contribution in [0.2, 0.25) is 0 Å². The Labute approximate surface area is 211 Å². The molecule has 4 rings (SSSR count). The third-order valence-electron chi connectivity index (χ3n) is 6.48. The highest BCUT2D eigenvalue weighted by atomic mass is 16.5. The fraction of sp³-hybridized carbons (Fsp3) is 0.407. The molecule has 1 aliphatic rings. The van der Waals surface area contributed by atoms with Crippen LogP contribution in [0.25, 0.3) is 0 Å². The van der Waals surface area contributed by atoms with Crippen LogP contribution in [0.3, 0.4) is 0 Å². The molecule has 190 valence electrons. The normalized spacial score (nSPS) is 15.1. The molecule has 0 spiro atoms. The summed E-state index contributed by atoms with van der Waals surface area (Å²) in [4.78, 5) is 32.7. The molecule has 36 heavy (non-hydrogen) atoms. The number of aromatic nitrogens is 3. The van der Waals surface area contributed by atoms with Crippen molar-refractivity contribution in [2.45, 2.75) is 45.2 Å². The average molecular weight is 493 g/mol. The van der Waals surface area contributed by atoms with Crippen molar-refractivity contribution in [2.24, 2.45) is 0 Å². The molecule has 1 aliphatic heterocycles. The van der Waals surface area contributed by atoms with E-state index in [0.717, 1.165) is 31.6 Å². The van der Waals surface area contributed by atoms with Gasteiger partial charge in [0.25, 0.3) is 11.7 Å². The summed E-state index contributed by atoms with van der Waals surface area (Å²) >= 11 is 0. The zero-order chi connectivity index (χ0) is 25.7. The Balaban J connectivity index is 1.49. The van der Waals surface area contributed by atoms with Gasteiger partial charge in [-0.1, -0.05) is 30.3 Å². The van der Waals surface area contributed by atoms with E-state index in [1.807, 2.05) is 29.8 Å². The highest BCUT2D eigenvalue weighted by Gasteiger charge is 2.37. The van der Waals surface area contributed by atoms with Gasteiger partial charge in [-0.3, -0.25) is 14.3 Å². The van der Waals surface area contributed by atoms with Crippen molar-refractivity contribution in [3.8, 4) is 17.2 Å². The zero-order valence-electron chi connectivity index (χ0n) is 21.2. The van der Waals surface area contributed by atoms with Gasteiger partial charge < -0.3 is 19.1 Å². The summed E-state index contributed by atoms with van der Waals surface area (Å²) in [6, 6.07) is 13.0. The number of ketones is 1. The van der Waals surface area contributed by atoms with Gasteiger partial charge in [0.05, 0.1) is 27.4 Å². The number of rotatable bonds is 10. The molecule has 2 heterocycles. The summed E-state index contributed by atoms with van der Waals surface area (Å²) in [5, 5.41) is 4.71. The monoisotopic (exact) mass is 492 g/mol. The van der Waals surface area contributed by atoms with Crippen LogP contribution in [0.1, 0.15) is 52.9 Å². The molecule has 0 radical (unpaired) electrons. The molecular formula is C27H32N4O5. The summed E-state index contributed by atoms with van der Waals surface area (Å²) < 4.78 is 17.9. The van der Waals surface area contributed by atoms with Crippen molar-refractivity contribution < 1.29 is 23.8 Å². The molecule has 3 aromatic rings. The van der Waals surface area contributed by atoms with Crippen molar-refractivity contribution in [2.75, 3.05) is 27.9 Å². The van der Waals surface area contributed by atoms with Crippen LogP contribution in [-0.2, 0) is 17.8 Å². The molecule has 9 heteroatoms. The third-order valence-corrected chi connectivity index (χ3v) is 6.48. The Kier molecular flexibility index (Phi) is 7.87. The Bertz CT molecular complexity index is 1200. The predicted octanol–water partition coefficient (Wildman–Crippen LogP) is 3.79. The van der Waals surface area contributed by atoms with E-state index in [-0.39, 0.29) is 11.6 Å². The van der Waals surface area contributed by atoms with E-state index in [0.29, 0.717) is 36.0 Å². The molecule has 2 aromatic carbocycles. The maximum absolute atomic E-state index is 13.3. The number of ether oxygens (including phenoxy) is 3. The van der Waals surface area contributed by atoms with E-state index in [4.69, 9.17) is 19.3 Å². The first kappa shape index (κ1) is 25.2. The molecule has 1 saturated heterocycles. The lowest BCUT2D eigenvalue weighted by Gasteiger charge is -2.22. The van der Waals surface area contributed by atoms with Gasteiger partial charge in [0.2, 0.25) is 5.75 Å². The van der Waals surface area contributed by atoms with Crippen molar-refractivity contribution in [1.29, 1.82) is 0 Å². The van der Waals surface area contributed by atoms with Crippen LogP contribution in [0, 0.1) is 6.92 Å². The van der Waals surface area contributed by atoms with Crippen LogP contribution in [-0.4, -0.2) is 59.2 Å². The van der Waals surface area contributed by atoms with Gasteiger partial charge in [0.15, 0.2) is 17.3 Å². The number of nitrogens with zero attached hydrogens (tertiary/aromatic N) is 4. The first-order valence-electron chi connectivity index (χ1n) is 12.1. The lowest BCUT2D eigenvalue weighted by atomic mass is 10.1. The van der Waals surface area contributed by atoms with Gasteiger partial charge >= 0.3 is 0 Å². The van der Waals surface area contributed by atoms with Gasteiger partial charge in [-0.2, -0.15) is 5.10 Å². The van der Waals surface area contributed by atoms with Gasteiger partial charge in [0.1, 0.15) is 5.82 Å². The second kappa shape index (κ2) is 11.2. The average Bonchev–Trinajstić information content (AvgIpc) is 3.54. The highest BCUT2D eigenvalue weighted by molar-refractivity contribution is 6.43. The predicted molar refractivity (Wildman–Crippen MR) is 134 cm³/mol. The maximum atomic E-state index is 13.3. The quantitative estimate of drug-likeness (QED) is 0.314. The number of carbonyl (C=O) groups is 2. The molecule has 1 aromatic heterocycles. The van der Waals surface area contributed by atoms with Crippen LogP contribution in [0.5, 0.6) is 17.2 Å². The molecule has 0 aliphatic carbocycles. The number of carbonyl (C=O) groups excluding carboxylic acids is 2. The lowest BCUT2D eigenvalue weighted by Crippen LogP contribution is -2.36. The summed E-state index contributed by atoms with van der Waals surface area (Å²) in [5.74, 6) is 1.14. The molecule has 0 N–H and O–H groups in total. The van der Waals surface area contributed by atoms with Crippen molar-refractivity contribution >= 4 is 11.7 Å². The van der Waals surface area contributed by atoms with Crippen molar-refractivity contribution in [3.63, 3.8) is 0 Å². The van der Waals surface area contributed by atoms with Crippen LogP contribution >= 0.6 is 0 Å². The van der Waals surface area contributed by atoms with Crippen LogP contribution in [0.15, 0.2) is 42.5 Å². The van der Waals surface area contributed by atoms with Crippen molar-refractivity contribution in [1.82, 2.24) is 19.7 Å². The van der Waals surface area contributed by atoms with Gasteiger partial charge in [-0.25, -0.2) is 4.98 Å². The number of likely N-dealkylation sites (tertiary alicyclic amines) is 1. The minimum absolute atomic E-state index is 0.177. The van der Waals surface area contributed by atoms with Crippen molar-refractivity contribution in [3.05, 3.63) is 65.2 Å². The van der Waals surface area contributed by atoms with E-state index in [1.54, 1.807) is 4.90 Å². The minimum atomic E-state index is -0.639. The van der Waals surface area contributed by atoms with E-state index >= 15 is 0 Å². The first-order chi connectivity index (χ1) is 17.5. The molecule has 1 amide bonds. The largest absolute Gasteiger partial charge is 0.493 e. The Hall–Kier alpha value is -3.88. The van der Waals surface area contributed by atoms with Gasteiger partial charge in [-0.15, -0.1) is 0 Å². The molecule has 0 bridgehead atoms. The highest BCUT2D eigenvalue weighted by Crippen LogP contribution is 2.39. The van der Waals surface area contributed by atoms with Gasteiger partial charge in [0, 0.05) is 18.7 Å². The maximum Gasteiger partial charge on any atom is 0.295 e. The number of benzene rings is 2. The number of hydrogen-bond acceptors (Lipinski definition) is 7. The smallest absolute Gasteiger partial charge is 0.295 e. The van der Waals surface area contributed by atoms with Crippen LogP contribution < -0.4 is 14.2 Å². The summed E-state index contributed by atoms with van der Waals surface area (Å²) in [6.07, 6.45) is 3.37. The summed E-state index contributed by atoms with van der Waals surface area (Å²) in [6.45, 7) is 3.13. The Morgan fingerprint density at radius 1 is 1.03 bits per heavy atom. The number of aryl methyl sites for hydroxylation is 3. The standard InChI is InChI=1S/C27H32N4O5/c1-18-28-26(29-31(18)15-8-12-19-10-6-5-7-11-19)21-13-9-14-30(21)27(33)24(32)20-16-22(34-2)25(36-4)23(17-20)35-3/h5-7,10-11,16-17,21H,8-9,12-15H2,1-4H3. The number of methoxy groups -OCH3 is 3. The molecule has 1 unspecified atom stereocenters. The second-order valence-electron chi connectivity index (χ2n) is 8.73. The summed E-state index contributed by atoms with van der Waals surface area (Å²) in [5.41, 5.74) is 1.46. The SMILES string of the molecule is COc1cc(C(=O)C(=O)N2CCCC2c2nc(C)n(CCCc3ccccc3)n2)cc(OC)c1OC. The molecule has 1 atom stereocenters. The lowest BCUT2D eigenvalue weighted by molar-refractivity contribution is -0.127. The molecular weight excluding hydrogens is 460 g/mol. The zero-order valence-corrected chi connectivity index (χ0v) is 21.2. The number of Topliss-reactive ketones (excluding diaryl/α,β-unsaturated/α-hetero) is 1. The summed E-state index contributed by atoms with van der Waals surface area (Å²) in [7, 11) is 4.42. The molecule has 1 fully saturated rings. The fourth-order valence-electron chi connectivity index (χ4n) is 4.62. The first-order valence-corrected chi connectivity index (χ1v) is 12.1. The Morgan fingerprint density at radius 3 is 2.36 bits per heavy atom. The number of hydrogen-bond donors (Lipinski definition) is 0. The van der Waals surface area contributed by atoms with E-state index in [9.17, 15) is 9.59 Å². The molecule has 0 saturated carbocycles. The topological polar surface area (TPSA) is 95.8 Å². The number of amides is 1.